The van der Waals surface area contributed by atoms with Gasteiger partial charge in [-0.15, -0.1) is 0 Å². The fourth-order valence-electron chi connectivity index (χ4n) is 3.18. The summed E-state index contributed by atoms with van der Waals surface area (Å²) in [6.45, 7) is 4.52. The van der Waals surface area contributed by atoms with E-state index >= 15 is 0 Å². The zero-order valence-electron chi connectivity index (χ0n) is 13.3. The lowest BCUT2D eigenvalue weighted by Gasteiger charge is -2.41. The number of para-hydroxylation sites is 1. The van der Waals surface area contributed by atoms with Crippen molar-refractivity contribution in [3.8, 4) is 0 Å². The van der Waals surface area contributed by atoms with Crippen molar-refractivity contribution in [1.29, 1.82) is 0 Å². The molecule has 1 fully saturated rings. The number of alkyl halides is 3. The van der Waals surface area contributed by atoms with Gasteiger partial charge in [0.15, 0.2) is 0 Å². The number of rotatable bonds is 2. The van der Waals surface area contributed by atoms with Crippen molar-refractivity contribution in [2.24, 2.45) is 0 Å². The second kappa shape index (κ2) is 6.00. The van der Waals surface area contributed by atoms with Crippen molar-refractivity contribution >= 4 is 16.7 Å². The van der Waals surface area contributed by atoms with Gasteiger partial charge in [0.2, 0.25) is 0 Å². The fraction of sp³-hybridized carbons (Fsp3) is 0.471. The van der Waals surface area contributed by atoms with Gasteiger partial charge in [-0.25, -0.2) is 4.98 Å². The van der Waals surface area contributed by atoms with E-state index in [1.807, 2.05) is 38.1 Å². The smallest absolute Gasteiger partial charge is 0.354 e. The monoisotopic (exact) mass is 323 g/mol. The molecule has 124 valence electrons. The summed E-state index contributed by atoms with van der Waals surface area (Å²) in [6, 6.07) is 9.83. The number of aryl methyl sites for hydroxylation is 1. The van der Waals surface area contributed by atoms with E-state index < -0.39 is 12.7 Å². The molecule has 0 spiro atoms. The maximum atomic E-state index is 12.6. The molecule has 1 saturated heterocycles. The van der Waals surface area contributed by atoms with Crippen molar-refractivity contribution in [3.63, 3.8) is 0 Å². The molecule has 2 aromatic rings. The van der Waals surface area contributed by atoms with Gasteiger partial charge in [0.05, 0.1) is 12.1 Å². The van der Waals surface area contributed by atoms with E-state index in [4.69, 9.17) is 4.98 Å². The Labute approximate surface area is 133 Å². The Morgan fingerprint density at radius 1 is 1.22 bits per heavy atom. The molecule has 3 rings (SSSR count). The standard InChI is InChI=1S/C17H20F3N3/c1-12-9-14-5-3-4-6-15(14)21-16(12)22-7-8-23(13(2)10-22)11-17(18,19)20/h3-6,9,13H,7-8,10-11H2,1-2H3. The van der Waals surface area contributed by atoms with Crippen LogP contribution in [0.3, 0.4) is 0 Å². The highest BCUT2D eigenvalue weighted by Gasteiger charge is 2.35. The molecule has 1 aliphatic heterocycles. The van der Waals surface area contributed by atoms with E-state index in [-0.39, 0.29) is 6.04 Å². The third-order valence-electron chi connectivity index (χ3n) is 4.33. The van der Waals surface area contributed by atoms with Crippen LogP contribution in [0.2, 0.25) is 0 Å². The summed E-state index contributed by atoms with van der Waals surface area (Å²) >= 11 is 0. The van der Waals surface area contributed by atoms with Crippen LogP contribution in [0, 0.1) is 6.92 Å². The SMILES string of the molecule is Cc1cc2ccccc2nc1N1CCN(CC(F)(F)F)C(C)C1. The number of halogens is 3. The number of hydrogen-bond acceptors (Lipinski definition) is 3. The summed E-state index contributed by atoms with van der Waals surface area (Å²) in [5, 5.41) is 1.08. The molecule has 3 nitrogen and oxygen atoms in total. The van der Waals surface area contributed by atoms with Gasteiger partial charge < -0.3 is 4.90 Å². The first-order valence-electron chi connectivity index (χ1n) is 7.75. The Kier molecular flexibility index (Phi) is 4.19. The van der Waals surface area contributed by atoms with Crippen molar-refractivity contribution in [3.05, 3.63) is 35.9 Å². The van der Waals surface area contributed by atoms with Crippen LogP contribution in [0.1, 0.15) is 12.5 Å². The highest BCUT2D eigenvalue weighted by atomic mass is 19.4. The number of aromatic nitrogens is 1. The molecule has 0 aliphatic carbocycles. The molecule has 0 N–H and O–H groups in total. The Morgan fingerprint density at radius 2 is 1.96 bits per heavy atom. The largest absolute Gasteiger partial charge is 0.401 e. The van der Waals surface area contributed by atoms with Gasteiger partial charge in [-0.1, -0.05) is 18.2 Å². The molecular weight excluding hydrogens is 303 g/mol. The number of piperazine rings is 1. The third-order valence-corrected chi connectivity index (χ3v) is 4.33. The first kappa shape index (κ1) is 16.1. The van der Waals surface area contributed by atoms with Crippen molar-refractivity contribution < 1.29 is 13.2 Å². The van der Waals surface area contributed by atoms with E-state index in [1.165, 1.54) is 4.90 Å². The number of hydrogen-bond donors (Lipinski definition) is 0. The van der Waals surface area contributed by atoms with Gasteiger partial charge in [-0.05, 0) is 31.5 Å². The van der Waals surface area contributed by atoms with Gasteiger partial charge in [0.25, 0.3) is 0 Å². The van der Waals surface area contributed by atoms with Crippen LogP contribution < -0.4 is 4.90 Å². The zero-order valence-corrected chi connectivity index (χ0v) is 13.3. The maximum absolute atomic E-state index is 12.6. The molecule has 1 atom stereocenters. The molecule has 6 heteroatoms. The van der Waals surface area contributed by atoms with Crippen LogP contribution in [0.25, 0.3) is 10.9 Å². The highest BCUT2D eigenvalue weighted by molar-refractivity contribution is 5.81. The minimum Gasteiger partial charge on any atom is -0.354 e. The molecule has 0 bridgehead atoms. The predicted molar refractivity (Wildman–Crippen MR) is 85.8 cm³/mol. The summed E-state index contributed by atoms with van der Waals surface area (Å²) in [5.74, 6) is 0.877. The van der Waals surface area contributed by atoms with E-state index in [0.29, 0.717) is 19.6 Å². The predicted octanol–water partition coefficient (Wildman–Crippen LogP) is 3.62. The lowest BCUT2D eigenvalue weighted by Crippen LogP contribution is -2.54. The number of anilines is 1. The average Bonchev–Trinajstić information content (AvgIpc) is 2.47. The Bertz CT molecular complexity index is 699. The average molecular weight is 323 g/mol. The number of pyridine rings is 1. The second-order valence-corrected chi connectivity index (χ2v) is 6.20. The zero-order chi connectivity index (χ0) is 16.6. The van der Waals surface area contributed by atoms with Crippen LogP contribution in [-0.2, 0) is 0 Å². The lowest BCUT2D eigenvalue weighted by molar-refractivity contribution is -0.150. The summed E-state index contributed by atoms with van der Waals surface area (Å²) in [5.41, 5.74) is 1.97. The molecule has 2 heterocycles. The molecule has 1 aromatic carbocycles. The molecule has 1 aliphatic rings. The van der Waals surface area contributed by atoms with Gasteiger partial charge in [-0.2, -0.15) is 13.2 Å². The normalized spacial score (nSPS) is 20.2. The third kappa shape index (κ3) is 3.58. The van der Waals surface area contributed by atoms with Gasteiger partial charge >= 0.3 is 6.18 Å². The maximum Gasteiger partial charge on any atom is 0.401 e. The van der Waals surface area contributed by atoms with Gasteiger partial charge in [-0.3, -0.25) is 4.90 Å². The minimum atomic E-state index is -4.15. The van der Waals surface area contributed by atoms with Gasteiger partial charge in [0, 0.05) is 31.1 Å². The summed E-state index contributed by atoms with van der Waals surface area (Å²) in [7, 11) is 0. The second-order valence-electron chi connectivity index (χ2n) is 6.20. The van der Waals surface area contributed by atoms with E-state index in [1.54, 1.807) is 0 Å². The highest BCUT2D eigenvalue weighted by Crippen LogP contribution is 2.26. The number of fused-ring (bicyclic) bond motifs is 1. The van der Waals surface area contributed by atoms with E-state index in [9.17, 15) is 13.2 Å². The Morgan fingerprint density at radius 3 is 2.65 bits per heavy atom. The quantitative estimate of drug-likeness (QED) is 0.841. The summed E-state index contributed by atoms with van der Waals surface area (Å²) in [4.78, 5) is 8.31. The van der Waals surface area contributed by atoms with Gasteiger partial charge in [0.1, 0.15) is 5.82 Å². The van der Waals surface area contributed by atoms with E-state index in [0.717, 1.165) is 22.3 Å². The fourth-order valence-corrected chi connectivity index (χ4v) is 3.18. The van der Waals surface area contributed by atoms with Crippen molar-refractivity contribution in [2.45, 2.75) is 26.1 Å². The Balaban J connectivity index is 1.80. The minimum absolute atomic E-state index is 0.155. The topological polar surface area (TPSA) is 19.4 Å². The lowest BCUT2D eigenvalue weighted by atomic mass is 10.1. The molecule has 0 radical (unpaired) electrons. The van der Waals surface area contributed by atoms with Crippen molar-refractivity contribution in [1.82, 2.24) is 9.88 Å². The van der Waals surface area contributed by atoms with E-state index in [2.05, 4.69) is 11.0 Å². The molecule has 23 heavy (non-hydrogen) atoms. The van der Waals surface area contributed by atoms with Crippen molar-refractivity contribution in [2.75, 3.05) is 31.1 Å². The van der Waals surface area contributed by atoms with Crippen LogP contribution in [0.15, 0.2) is 30.3 Å². The molecular formula is C17H20F3N3. The summed E-state index contributed by atoms with van der Waals surface area (Å²) in [6.07, 6.45) is -4.15. The Hall–Kier alpha value is -1.82. The molecule has 1 unspecified atom stereocenters. The van der Waals surface area contributed by atoms with Crippen LogP contribution >= 0.6 is 0 Å². The summed E-state index contributed by atoms with van der Waals surface area (Å²) < 4.78 is 37.8. The first-order valence-corrected chi connectivity index (χ1v) is 7.75. The van der Waals surface area contributed by atoms with Crippen LogP contribution in [0.5, 0.6) is 0 Å². The van der Waals surface area contributed by atoms with Crippen LogP contribution in [0.4, 0.5) is 19.0 Å². The molecule has 0 amide bonds. The number of benzene rings is 1. The first-order chi connectivity index (χ1) is 10.8. The van der Waals surface area contributed by atoms with Crippen LogP contribution in [-0.4, -0.2) is 48.3 Å². The molecule has 1 aromatic heterocycles. The number of nitrogens with zero attached hydrogens (tertiary/aromatic N) is 3. The molecule has 0 saturated carbocycles.